The summed E-state index contributed by atoms with van der Waals surface area (Å²) in [6.45, 7) is 11.9. The molecule has 0 fully saturated rings. The normalized spacial score (nSPS) is 11.8. The molecule has 2 rings (SSSR count). The van der Waals surface area contributed by atoms with Gasteiger partial charge in [-0.2, -0.15) is 5.10 Å². The van der Waals surface area contributed by atoms with Crippen molar-refractivity contribution in [2.75, 3.05) is 17.2 Å². The molecule has 2 aromatic rings. The molecule has 7 nitrogen and oxygen atoms in total. The fraction of sp³-hybridized carbons (Fsp3) is 0.450. The lowest BCUT2D eigenvalue weighted by atomic mass is 9.92. The van der Waals surface area contributed by atoms with Crippen molar-refractivity contribution in [2.45, 2.75) is 52.5 Å². The van der Waals surface area contributed by atoms with Gasteiger partial charge in [0.1, 0.15) is 11.6 Å². The predicted molar refractivity (Wildman–Crippen MR) is 108 cm³/mol. The number of carbonyl (C=O) groups excluding carboxylic acids is 2. The van der Waals surface area contributed by atoms with E-state index in [2.05, 4.69) is 21.0 Å². The molecular formula is C20H28FN5O2. The van der Waals surface area contributed by atoms with Crippen molar-refractivity contribution < 1.29 is 14.0 Å². The van der Waals surface area contributed by atoms with Crippen LogP contribution in [0.5, 0.6) is 0 Å². The van der Waals surface area contributed by atoms with E-state index in [1.54, 1.807) is 4.68 Å². The van der Waals surface area contributed by atoms with Gasteiger partial charge >= 0.3 is 6.03 Å². The monoisotopic (exact) mass is 389 g/mol. The van der Waals surface area contributed by atoms with Crippen LogP contribution in [-0.2, 0) is 15.7 Å². The molecule has 0 spiro atoms. The minimum atomic E-state index is -0.514. The van der Waals surface area contributed by atoms with Gasteiger partial charge in [-0.1, -0.05) is 20.8 Å². The van der Waals surface area contributed by atoms with E-state index >= 15 is 0 Å². The number of hydrogen-bond donors (Lipinski definition) is 3. The fourth-order valence-electron chi connectivity index (χ4n) is 2.41. The molecule has 28 heavy (non-hydrogen) atoms. The Kier molecular flexibility index (Phi) is 6.11. The predicted octanol–water partition coefficient (Wildman–Crippen LogP) is 3.83. The van der Waals surface area contributed by atoms with Crippen molar-refractivity contribution in [3.63, 3.8) is 0 Å². The maximum Gasteiger partial charge on any atom is 0.320 e. The van der Waals surface area contributed by atoms with E-state index in [1.165, 1.54) is 24.3 Å². The molecule has 0 aliphatic carbocycles. The van der Waals surface area contributed by atoms with E-state index in [0.29, 0.717) is 11.5 Å². The first-order valence-electron chi connectivity index (χ1n) is 9.07. The smallest absolute Gasteiger partial charge is 0.320 e. The molecule has 0 unspecified atom stereocenters. The molecule has 1 aromatic carbocycles. The number of rotatable bonds is 4. The molecule has 0 radical (unpaired) electrons. The Morgan fingerprint density at radius 2 is 1.64 bits per heavy atom. The van der Waals surface area contributed by atoms with Gasteiger partial charge in [0.2, 0.25) is 5.91 Å². The third-order valence-corrected chi connectivity index (χ3v) is 3.89. The number of urea groups is 1. The first kappa shape index (κ1) is 21.4. The number of nitrogens with zero attached hydrogens (tertiary/aromatic N) is 2. The summed E-state index contributed by atoms with van der Waals surface area (Å²) in [4.78, 5) is 24.2. The van der Waals surface area contributed by atoms with Crippen LogP contribution in [0.15, 0.2) is 30.3 Å². The van der Waals surface area contributed by atoms with Gasteiger partial charge < -0.3 is 10.6 Å². The van der Waals surface area contributed by atoms with Crippen molar-refractivity contribution >= 4 is 23.4 Å². The van der Waals surface area contributed by atoms with E-state index in [-0.39, 0.29) is 23.3 Å². The van der Waals surface area contributed by atoms with Crippen LogP contribution in [0.25, 0.3) is 0 Å². The highest BCUT2D eigenvalue weighted by Crippen LogP contribution is 2.28. The van der Waals surface area contributed by atoms with Gasteiger partial charge in [0.25, 0.3) is 0 Å². The number of nitrogens with one attached hydrogen (secondary N) is 3. The van der Waals surface area contributed by atoms with Crippen LogP contribution < -0.4 is 16.0 Å². The first-order valence-corrected chi connectivity index (χ1v) is 9.07. The van der Waals surface area contributed by atoms with Crippen LogP contribution >= 0.6 is 0 Å². The highest BCUT2D eigenvalue weighted by molar-refractivity contribution is 5.96. The number of benzene rings is 1. The minimum absolute atomic E-state index is 0.168. The van der Waals surface area contributed by atoms with Crippen LogP contribution in [0.4, 0.5) is 20.7 Å². The lowest BCUT2D eigenvalue weighted by Gasteiger charge is -2.23. The molecule has 0 atom stereocenters. The number of amides is 3. The van der Waals surface area contributed by atoms with E-state index < -0.39 is 11.9 Å². The number of halogens is 1. The Morgan fingerprint density at radius 1 is 1.04 bits per heavy atom. The van der Waals surface area contributed by atoms with Crippen molar-refractivity contribution in [2.24, 2.45) is 0 Å². The maximum atomic E-state index is 12.9. The van der Waals surface area contributed by atoms with E-state index in [0.717, 1.165) is 5.69 Å². The molecule has 0 aliphatic rings. The fourth-order valence-corrected chi connectivity index (χ4v) is 2.41. The highest BCUT2D eigenvalue weighted by Gasteiger charge is 2.25. The SMILES string of the molecule is CC(C)(C)c1cc(NC(=O)NCC(=O)Nc2ccc(F)cc2)n(C(C)(C)C)n1. The molecule has 0 bridgehead atoms. The Bertz CT molecular complexity index is 845. The Balaban J connectivity index is 1.99. The molecule has 0 aliphatic heterocycles. The van der Waals surface area contributed by atoms with Gasteiger partial charge in [0.15, 0.2) is 0 Å². The molecule has 3 N–H and O–H groups in total. The topological polar surface area (TPSA) is 88.0 Å². The van der Waals surface area contributed by atoms with Gasteiger partial charge in [-0.25, -0.2) is 13.9 Å². The molecule has 3 amide bonds. The van der Waals surface area contributed by atoms with Crippen LogP contribution in [-0.4, -0.2) is 28.3 Å². The van der Waals surface area contributed by atoms with Gasteiger partial charge in [-0.3, -0.25) is 10.1 Å². The molecule has 1 heterocycles. The van der Waals surface area contributed by atoms with Crippen LogP contribution in [0, 0.1) is 5.82 Å². The summed E-state index contributed by atoms with van der Waals surface area (Å²) < 4.78 is 14.6. The lowest BCUT2D eigenvalue weighted by Crippen LogP contribution is -2.37. The first-order chi connectivity index (χ1) is 12.9. The Labute approximate surface area is 164 Å². The van der Waals surface area contributed by atoms with Crippen LogP contribution in [0.2, 0.25) is 0 Å². The largest absolute Gasteiger partial charge is 0.329 e. The van der Waals surface area contributed by atoms with Crippen molar-refractivity contribution in [1.29, 1.82) is 0 Å². The summed E-state index contributed by atoms with van der Waals surface area (Å²) in [5.74, 6) is -0.254. The molecule has 0 saturated heterocycles. The third-order valence-electron chi connectivity index (χ3n) is 3.89. The maximum absolute atomic E-state index is 12.9. The van der Waals surface area contributed by atoms with Gasteiger partial charge in [-0.15, -0.1) is 0 Å². The summed E-state index contributed by atoms with van der Waals surface area (Å²) >= 11 is 0. The van der Waals surface area contributed by atoms with E-state index in [9.17, 15) is 14.0 Å². The average Bonchev–Trinajstić information content (AvgIpc) is 2.99. The van der Waals surface area contributed by atoms with Gasteiger partial charge in [-0.05, 0) is 45.0 Å². The number of carbonyl (C=O) groups is 2. The standard InChI is InChI=1S/C20H28FN5O2/c1-19(2,3)15-11-16(26(25-15)20(4,5)6)24-18(28)22-12-17(27)23-14-9-7-13(21)8-10-14/h7-11H,12H2,1-6H3,(H,23,27)(H2,22,24,28). The summed E-state index contributed by atoms with van der Waals surface area (Å²) in [6.07, 6.45) is 0. The average molecular weight is 389 g/mol. The minimum Gasteiger partial charge on any atom is -0.329 e. The number of anilines is 2. The quantitative estimate of drug-likeness (QED) is 0.742. The van der Waals surface area contributed by atoms with Crippen molar-refractivity contribution in [3.8, 4) is 0 Å². The van der Waals surface area contributed by atoms with E-state index in [4.69, 9.17) is 0 Å². The lowest BCUT2D eigenvalue weighted by molar-refractivity contribution is -0.115. The van der Waals surface area contributed by atoms with Crippen LogP contribution in [0.1, 0.15) is 47.2 Å². The number of aromatic nitrogens is 2. The van der Waals surface area contributed by atoms with Gasteiger partial charge in [0.05, 0.1) is 17.8 Å². The molecule has 0 saturated carbocycles. The summed E-state index contributed by atoms with van der Waals surface area (Å²) in [7, 11) is 0. The summed E-state index contributed by atoms with van der Waals surface area (Å²) in [5, 5.41) is 12.5. The third kappa shape index (κ3) is 5.80. The second-order valence-electron chi connectivity index (χ2n) is 8.61. The number of hydrogen-bond acceptors (Lipinski definition) is 3. The molecule has 1 aromatic heterocycles. The summed E-state index contributed by atoms with van der Waals surface area (Å²) in [6, 6.07) is 6.71. The Hall–Kier alpha value is -2.90. The van der Waals surface area contributed by atoms with E-state index in [1.807, 2.05) is 47.6 Å². The van der Waals surface area contributed by atoms with Gasteiger partial charge in [0, 0.05) is 17.2 Å². The van der Waals surface area contributed by atoms with Crippen molar-refractivity contribution in [1.82, 2.24) is 15.1 Å². The van der Waals surface area contributed by atoms with Crippen molar-refractivity contribution in [3.05, 3.63) is 41.8 Å². The zero-order valence-electron chi connectivity index (χ0n) is 17.2. The zero-order valence-corrected chi connectivity index (χ0v) is 17.2. The second kappa shape index (κ2) is 8.00. The summed E-state index contributed by atoms with van der Waals surface area (Å²) in [5.41, 5.74) is 0.811. The zero-order chi connectivity index (χ0) is 21.1. The molecular weight excluding hydrogens is 361 g/mol. The second-order valence-corrected chi connectivity index (χ2v) is 8.61. The highest BCUT2D eigenvalue weighted by atomic mass is 19.1. The van der Waals surface area contributed by atoms with Crippen LogP contribution in [0.3, 0.4) is 0 Å². The molecule has 8 heteroatoms. The Morgan fingerprint density at radius 3 is 2.18 bits per heavy atom. The molecule has 152 valence electrons.